The van der Waals surface area contributed by atoms with Gasteiger partial charge in [-0.15, -0.1) is 0 Å². The van der Waals surface area contributed by atoms with E-state index in [1.165, 1.54) is 31.5 Å². The molecule has 0 unspecified atom stereocenters. The summed E-state index contributed by atoms with van der Waals surface area (Å²) in [6.07, 6.45) is 7.01. The van der Waals surface area contributed by atoms with Gasteiger partial charge in [-0.05, 0) is 81.1 Å². The summed E-state index contributed by atoms with van der Waals surface area (Å²) in [5.74, 6) is 1.27. The molecule has 2 heterocycles. The Morgan fingerprint density at radius 3 is 2.62 bits per heavy atom. The highest BCUT2D eigenvalue weighted by molar-refractivity contribution is 5.29. The van der Waals surface area contributed by atoms with Crippen LogP contribution in [0.25, 0.3) is 0 Å². The molecule has 0 bridgehead atoms. The van der Waals surface area contributed by atoms with Crippen LogP contribution < -0.4 is 0 Å². The minimum absolute atomic E-state index is 0.351. The smallest absolute Gasteiger partial charge is 0.0810 e. The molecule has 1 aliphatic carbocycles. The summed E-state index contributed by atoms with van der Waals surface area (Å²) in [6, 6.07) is 12.8. The van der Waals surface area contributed by atoms with Gasteiger partial charge in [-0.3, -0.25) is 4.98 Å². The van der Waals surface area contributed by atoms with Crippen LogP contribution >= 0.6 is 0 Å². The Morgan fingerprint density at radius 1 is 1.04 bits per heavy atom. The molecule has 1 aromatic heterocycles. The van der Waals surface area contributed by atoms with Gasteiger partial charge < -0.3 is 10.0 Å². The summed E-state index contributed by atoms with van der Waals surface area (Å²) in [4.78, 5) is 7.11. The van der Waals surface area contributed by atoms with Gasteiger partial charge in [0.2, 0.25) is 0 Å². The first kappa shape index (κ1) is 17.7. The number of aromatic nitrogens is 1. The highest BCUT2D eigenvalue weighted by Gasteiger charge is 2.27. The largest absolute Gasteiger partial charge is 0.388 e. The minimum Gasteiger partial charge on any atom is -0.388 e. The summed E-state index contributed by atoms with van der Waals surface area (Å²) in [5, 5.41) is 10.6. The topological polar surface area (TPSA) is 36.4 Å². The molecule has 3 nitrogen and oxygen atoms in total. The molecule has 1 fully saturated rings. The number of benzene rings is 1. The number of nitrogens with zero attached hydrogens (tertiary/aromatic N) is 2. The van der Waals surface area contributed by atoms with Crippen LogP contribution in [0.4, 0.5) is 0 Å². The third kappa shape index (κ3) is 3.84. The van der Waals surface area contributed by atoms with E-state index >= 15 is 0 Å². The monoisotopic (exact) mass is 350 g/mol. The fourth-order valence-corrected chi connectivity index (χ4v) is 4.87. The number of hydrogen-bond acceptors (Lipinski definition) is 3. The number of aliphatic hydroxyl groups excluding tert-OH is 1. The number of hydrogen-bond donors (Lipinski definition) is 1. The first-order valence-electron chi connectivity index (χ1n) is 10.1. The van der Waals surface area contributed by atoms with E-state index in [4.69, 9.17) is 0 Å². The molecule has 0 amide bonds. The first-order chi connectivity index (χ1) is 12.7. The molecule has 1 aliphatic heterocycles. The predicted octanol–water partition coefficient (Wildman–Crippen LogP) is 4.26. The Labute approximate surface area is 157 Å². The molecule has 1 aromatic carbocycles. The van der Waals surface area contributed by atoms with Gasteiger partial charge in [-0.2, -0.15) is 0 Å². The van der Waals surface area contributed by atoms with Crippen LogP contribution in [0, 0.1) is 12.8 Å². The van der Waals surface area contributed by atoms with Crippen molar-refractivity contribution >= 4 is 0 Å². The van der Waals surface area contributed by atoms with Crippen molar-refractivity contribution in [1.29, 1.82) is 0 Å². The Hall–Kier alpha value is -1.71. The molecule has 1 N–H and O–H groups in total. The first-order valence-corrected chi connectivity index (χ1v) is 10.1. The number of rotatable bonds is 3. The molecule has 3 heteroatoms. The number of aryl methyl sites for hydroxylation is 2. The third-order valence-electron chi connectivity index (χ3n) is 6.36. The van der Waals surface area contributed by atoms with Crippen molar-refractivity contribution in [2.75, 3.05) is 19.6 Å². The van der Waals surface area contributed by atoms with Crippen molar-refractivity contribution in [2.45, 2.75) is 51.0 Å². The second-order valence-electron chi connectivity index (χ2n) is 8.13. The van der Waals surface area contributed by atoms with Crippen LogP contribution in [0.2, 0.25) is 0 Å². The standard InChI is InChI=1S/C23H30N2O/c1-17-5-2-3-6-20(17)19-10-13-25(14-11-19)16-18-8-9-22-21(23(26)15-18)7-4-12-24-22/h2-7,12,18-19,23,26H,8-11,13-16H2,1H3/t18-,23-/m1/s1. The van der Waals surface area contributed by atoms with Crippen molar-refractivity contribution in [2.24, 2.45) is 5.92 Å². The molecule has 0 radical (unpaired) electrons. The van der Waals surface area contributed by atoms with Crippen molar-refractivity contribution in [3.63, 3.8) is 0 Å². The lowest BCUT2D eigenvalue weighted by Crippen LogP contribution is -2.37. The molecule has 2 aromatic rings. The molecular weight excluding hydrogens is 320 g/mol. The van der Waals surface area contributed by atoms with E-state index in [1.807, 2.05) is 18.3 Å². The average Bonchev–Trinajstić information content (AvgIpc) is 2.82. The van der Waals surface area contributed by atoms with Gasteiger partial charge in [0, 0.05) is 24.0 Å². The maximum atomic E-state index is 10.6. The van der Waals surface area contributed by atoms with Gasteiger partial charge in [0.1, 0.15) is 0 Å². The maximum Gasteiger partial charge on any atom is 0.0810 e. The lowest BCUT2D eigenvalue weighted by Gasteiger charge is -2.35. The zero-order valence-electron chi connectivity index (χ0n) is 15.8. The SMILES string of the molecule is Cc1ccccc1C1CCN(C[C@@H]2CCc3ncccc3[C@H](O)C2)CC1. The van der Waals surface area contributed by atoms with E-state index in [2.05, 4.69) is 41.1 Å². The van der Waals surface area contributed by atoms with Crippen LogP contribution in [0.5, 0.6) is 0 Å². The van der Waals surface area contributed by atoms with Crippen molar-refractivity contribution < 1.29 is 5.11 Å². The quantitative estimate of drug-likeness (QED) is 0.841. The van der Waals surface area contributed by atoms with E-state index in [0.717, 1.165) is 37.1 Å². The summed E-state index contributed by atoms with van der Waals surface area (Å²) in [6.45, 7) is 5.71. The van der Waals surface area contributed by atoms with E-state index in [0.29, 0.717) is 11.8 Å². The Morgan fingerprint density at radius 2 is 1.81 bits per heavy atom. The van der Waals surface area contributed by atoms with Gasteiger partial charge in [0.05, 0.1) is 6.10 Å². The number of piperidine rings is 1. The minimum atomic E-state index is -0.351. The molecule has 0 spiro atoms. The normalized spacial score (nSPS) is 24.8. The van der Waals surface area contributed by atoms with E-state index in [-0.39, 0.29) is 6.10 Å². The highest BCUT2D eigenvalue weighted by Crippen LogP contribution is 2.34. The van der Waals surface area contributed by atoms with E-state index < -0.39 is 0 Å². The summed E-state index contributed by atoms with van der Waals surface area (Å²) < 4.78 is 0. The number of pyridine rings is 1. The summed E-state index contributed by atoms with van der Waals surface area (Å²) in [7, 11) is 0. The second-order valence-corrected chi connectivity index (χ2v) is 8.13. The van der Waals surface area contributed by atoms with Crippen LogP contribution in [0.3, 0.4) is 0 Å². The van der Waals surface area contributed by atoms with Crippen LogP contribution in [0.15, 0.2) is 42.6 Å². The Bertz CT molecular complexity index is 736. The number of fused-ring (bicyclic) bond motifs is 1. The van der Waals surface area contributed by atoms with Crippen LogP contribution in [-0.2, 0) is 6.42 Å². The molecule has 138 valence electrons. The zero-order valence-corrected chi connectivity index (χ0v) is 15.8. The molecular formula is C23H30N2O. The second kappa shape index (κ2) is 7.89. The van der Waals surface area contributed by atoms with Gasteiger partial charge in [0.25, 0.3) is 0 Å². The van der Waals surface area contributed by atoms with Crippen LogP contribution in [0.1, 0.15) is 60.1 Å². The fraction of sp³-hybridized carbons (Fsp3) is 0.522. The molecule has 2 atom stereocenters. The van der Waals surface area contributed by atoms with E-state index in [9.17, 15) is 5.11 Å². The number of aliphatic hydroxyl groups is 1. The van der Waals surface area contributed by atoms with Gasteiger partial charge in [-0.1, -0.05) is 30.3 Å². The number of likely N-dealkylation sites (tertiary alicyclic amines) is 1. The van der Waals surface area contributed by atoms with Crippen molar-refractivity contribution in [3.8, 4) is 0 Å². The lowest BCUT2D eigenvalue weighted by molar-refractivity contribution is 0.117. The van der Waals surface area contributed by atoms with Gasteiger partial charge in [-0.25, -0.2) is 0 Å². The predicted molar refractivity (Wildman–Crippen MR) is 105 cm³/mol. The fourth-order valence-electron chi connectivity index (χ4n) is 4.87. The Kier molecular flexibility index (Phi) is 5.37. The van der Waals surface area contributed by atoms with E-state index in [1.54, 1.807) is 5.56 Å². The maximum absolute atomic E-state index is 10.6. The molecule has 4 rings (SSSR count). The van der Waals surface area contributed by atoms with Crippen molar-refractivity contribution in [3.05, 3.63) is 65.0 Å². The Balaban J connectivity index is 1.33. The molecule has 2 aliphatic rings. The van der Waals surface area contributed by atoms with Gasteiger partial charge in [0.15, 0.2) is 0 Å². The van der Waals surface area contributed by atoms with Gasteiger partial charge >= 0.3 is 0 Å². The lowest BCUT2D eigenvalue weighted by atomic mass is 9.86. The van der Waals surface area contributed by atoms with Crippen molar-refractivity contribution in [1.82, 2.24) is 9.88 Å². The zero-order chi connectivity index (χ0) is 17.9. The third-order valence-corrected chi connectivity index (χ3v) is 6.36. The molecule has 26 heavy (non-hydrogen) atoms. The average molecular weight is 351 g/mol. The summed E-state index contributed by atoms with van der Waals surface area (Å²) in [5.41, 5.74) is 5.12. The molecule has 1 saturated heterocycles. The molecule has 0 saturated carbocycles. The van der Waals surface area contributed by atoms with Crippen LogP contribution in [-0.4, -0.2) is 34.6 Å². The summed E-state index contributed by atoms with van der Waals surface area (Å²) >= 11 is 0. The highest BCUT2D eigenvalue weighted by atomic mass is 16.3.